The van der Waals surface area contributed by atoms with Gasteiger partial charge in [0.25, 0.3) is 5.69 Å². The molecule has 2 aromatic rings. The van der Waals surface area contributed by atoms with Gasteiger partial charge in [0, 0.05) is 24.6 Å². The number of sulfone groups is 1. The minimum absolute atomic E-state index is 0.127. The van der Waals surface area contributed by atoms with E-state index in [0.29, 0.717) is 5.69 Å². The SMILES string of the molecule is Cc1cccc(C2CCCCN2c2ccc(S(C)(=O)=O)c([N+](=O)[O-])c2)c1C. The van der Waals surface area contributed by atoms with Crippen molar-refractivity contribution in [1.29, 1.82) is 0 Å². The quantitative estimate of drug-likeness (QED) is 0.575. The highest BCUT2D eigenvalue weighted by molar-refractivity contribution is 7.90. The van der Waals surface area contributed by atoms with E-state index in [4.69, 9.17) is 0 Å². The molecule has 1 aliphatic heterocycles. The third-order valence-electron chi connectivity index (χ3n) is 5.38. The lowest BCUT2D eigenvalue weighted by Crippen LogP contribution is -2.34. The zero-order chi connectivity index (χ0) is 19.8. The van der Waals surface area contributed by atoms with E-state index in [1.54, 1.807) is 6.07 Å². The van der Waals surface area contributed by atoms with Crippen molar-refractivity contribution in [3.8, 4) is 0 Å². The standard InChI is InChI=1S/C20H24N2O4S/c1-14-7-6-8-17(15(14)2)18-9-4-5-12-21(18)16-10-11-20(27(3,25)26)19(13-16)22(23)24/h6-8,10-11,13,18H,4-5,9,12H2,1-3H3. The van der Waals surface area contributed by atoms with Crippen LogP contribution in [-0.4, -0.2) is 26.1 Å². The highest BCUT2D eigenvalue weighted by Crippen LogP contribution is 2.39. The molecule has 0 N–H and O–H groups in total. The van der Waals surface area contributed by atoms with Gasteiger partial charge in [-0.1, -0.05) is 18.2 Å². The van der Waals surface area contributed by atoms with E-state index in [-0.39, 0.29) is 16.6 Å². The lowest BCUT2D eigenvalue weighted by Gasteiger charge is -2.38. The molecule has 7 heteroatoms. The topological polar surface area (TPSA) is 80.5 Å². The maximum Gasteiger partial charge on any atom is 0.290 e. The van der Waals surface area contributed by atoms with E-state index in [9.17, 15) is 18.5 Å². The zero-order valence-electron chi connectivity index (χ0n) is 15.8. The minimum atomic E-state index is -3.66. The van der Waals surface area contributed by atoms with Gasteiger partial charge >= 0.3 is 0 Å². The van der Waals surface area contributed by atoms with Gasteiger partial charge in [-0.05, 0) is 61.9 Å². The molecule has 144 valence electrons. The number of piperidine rings is 1. The first-order chi connectivity index (χ1) is 12.7. The van der Waals surface area contributed by atoms with E-state index < -0.39 is 14.8 Å². The predicted molar refractivity (Wildman–Crippen MR) is 106 cm³/mol. The molecule has 0 saturated carbocycles. The lowest BCUT2D eigenvalue weighted by molar-refractivity contribution is -0.387. The van der Waals surface area contributed by atoms with Gasteiger partial charge in [0.05, 0.1) is 11.0 Å². The molecule has 6 nitrogen and oxygen atoms in total. The second-order valence-corrected chi connectivity index (χ2v) is 9.16. The molecule has 0 spiro atoms. The van der Waals surface area contributed by atoms with Crippen LogP contribution in [0, 0.1) is 24.0 Å². The van der Waals surface area contributed by atoms with E-state index in [0.717, 1.165) is 32.1 Å². The van der Waals surface area contributed by atoms with Gasteiger partial charge < -0.3 is 4.90 Å². The van der Waals surface area contributed by atoms with Crippen LogP contribution < -0.4 is 4.90 Å². The summed E-state index contributed by atoms with van der Waals surface area (Å²) in [7, 11) is -3.66. The molecule has 0 amide bonds. The largest absolute Gasteiger partial charge is 0.364 e. The average molecular weight is 388 g/mol. The molecule has 0 aromatic heterocycles. The Morgan fingerprint density at radius 3 is 2.56 bits per heavy atom. The summed E-state index contributed by atoms with van der Waals surface area (Å²) in [5, 5.41) is 11.5. The molecule has 0 aliphatic carbocycles. The van der Waals surface area contributed by atoms with Gasteiger partial charge in [0.1, 0.15) is 4.90 Å². The predicted octanol–water partition coefficient (Wildman–Crippen LogP) is 4.35. The van der Waals surface area contributed by atoms with Crippen molar-refractivity contribution in [2.75, 3.05) is 17.7 Å². The van der Waals surface area contributed by atoms with Crippen LogP contribution in [0.1, 0.15) is 42.0 Å². The molecule has 1 saturated heterocycles. The fourth-order valence-corrected chi connectivity index (χ4v) is 4.67. The van der Waals surface area contributed by atoms with E-state index in [2.05, 4.69) is 30.9 Å². The van der Waals surface area contributed by atoms with Gasteiger partial charge in [-0.2, -0.15) is 0 Å². The normalized spacial score (nSPS) is 17.7. The fraction of sp³-hybridized carbons (Fsp3) is 0.400. The Bertz CT molecular complexity index is 985. The smallest absolute Gasteiger partial charge is 0.290 e. The Hall–Kier alpha value is -2.41. The molecule has 0 radical (unpaired) electrons. The number of nitrogens with zero attached hydrogens (tertiary/aromatic N) is 2. The first-order valence-corrected chi connectivity index (χ1v) is 10.9. The number of hydrogen-bond donors (Lipinski definition) is 0. The number of aryl methyl sites for hydroxylation is 1. The summed E-state index contributed by atoms with van der Waals surface area (Å²) in [5.41, 5.74) is 4.01. The first-order valence-electron chi connectivity index (χ1n) is 9.01. The summed E-state index contributed by atoms with van der Waals surface area (Å²) in [6.45, 7) is 4.97. The van der Waals surface area contributed by atoms with Crippen LogP contribution in [0.15, 0.2) is 41.3 Å². The Labute approximate surface area is 159 Å². The molecular weight excluding hydrogens is 364 g/mol. The minimum Gasteiger partial charge on any atom is -0.364 e. The summed E-state index contributed by atoms with van der Waals surface area (Å²) in [4.78, 5) is 12.8. The molecule has 1 heterocycles. The van der Waals surface area contributed by atoms with Gasteiger partial charge in [0.2, 0.25) is 0 Å². The van der Waals surface area contributed by atoms with Crippen LogP contribution >= 0.6 is 0 Å². The van der Waals surface area contributed by atoms with Gasteiger partial charge in [-0.25, -0.2) is 8.42 Å². The van der Waals surface area contributed by atoms with Gasteiger partial charge in [-0.15, -0.1) is 0 Å². The third kappa shape index (κ3) is 3.83. The average Bonchev–Trinajstić information content (AvgIpc) is 2.63. The summed E-state index contributed by atoms with van der Waals surface area (Å²) in [5.74, 6) is 0. The van der Waals surface area contributed by atoms with Gasteiger partial charge in [0.15, 0.2) is 9.84 Å². The monoisotopic (exact) mass is 388 g/mol. The lowest BCUT2D eigenvalue weighted by atomic mass is 9.90. The van der Waals surface area contributed by atoms with Gasteiger partial charge in [-0.3, -0.25) is 10.1 Å². The summed E-state index contributed by atoms with van der Waals surface area (Å²) in [6.07, 6.45) is 4.06. The third-order valence-corrected chi connectivity index (χ3v) is 6.52. The maximum atomic E-state index is 11.9. The van der Waals surface area contributed by atoms with Crippen molar-refractivity contribution in [1.82, 2.24) is 0 Å². The van der Waals surface area contributed by atoms with Crippen molar-refractivity contribution in [2.24, 2.45) is 0 Å². The fourth-order valence-electron chi connectivity index (χ4n) is 3.84. The zero-order valence-corrected chi connectivity index (χ0v) is 16.6. The molecule has 1 aliphatic rings. The van der Waals surface area contributed by atoms with Crippen LogP contribution in [0.5, 0.6) is 0 Å². The molecule has 2 aromatic carbocycles. The number of benzene rings is 2. The second-order valence-electron chi connectivity index (χ2n) is 7.18. The van der Waals surface area contributed by atoms with Crippen LogP contribution in [0.2, 0.25) is 0 Å². The number of hydrogen-bond acceptors (Lipinski definition) is 5. The summed E-state index contributed by atoms with van der Waals surface area (Å²) >= 11 is 0. The van der Waals surface area contributed by atoms with Crippen molar-refractivity contribution >= 4 is 21.2 Å². The number of anilines is 1. The number of rotatable bonds is 4. The molecular formula is C20H24N2O4S. The highest BCUT2D eigenvalue weighted by Gasteiger charge is 2.29. The number of nitro groups is 1. The van der Waals surface area contributed by atoms with Crippen molar-refractivity contribution < 1.29 is 13.3 Å². The summed E-state index contributed by atoms with van der Waals surface area (Å²) in [6, 6.07) is 10.8. The Morgan fingerprint density at radius 1 is 1.15 bits per heavy atom. The van der Waals surface area contributed by atoms with E-state index in [1.807, 2.05) is 6.07 Å². The Balaban J connectivity index is 2.09. The maximum absolute atomic E-state index is 11.9. The van der Waals surface area contributed by atoms with Crippen LogP contribution in [0.4, 0.5) is 11.4 Å². The first kappa shape index (κ1) is 19.4. The highest BCUT2D eigenvalue weighted by atomic mass is 32.2. The Morgan fingerprint density at radius 2 is 1.89 bits per heavy atom. The van der Waals surface area contributed by atoms with Crippen molar-refractivity contribution in [3.63, 3.8) is 0 Å². The van der Waals surface area contributed by atoms with Crippen LogP contribution in [-0.2, 0) is 9.84 Å². The van der Waals surface area contributed by atoms with E-state index >= 15 is 0 Å². The number of nitro benzene ring substituents is 1. The van der Waals surface area contributed by atoms with Crippen molar-refractivity contribution in [3.05, 3.63) is 63.2 Å². The van der Waals surface area contributed by atoms with Crippen LogP contribution in [0.25, 0.3) is 0 Å². The molecule has 1 unspecified atom stereocenters. The molecule has 1 atom stereocenters. The second kappa shape index (κ2) is 7.31. The van der Waals surface area contributed by atoms with E-state index in [1.165, 1.54) is 28.8 Å². The Kier molecular flexibility index (Phi) is 5.24. The molecule has 0 bridgehead atoms. The molecule has 3 rings (SSSR count). The molecule has 27 heavy (non-hydrogen) atoms. The molecule has 1 fully saturated rings. The van der Waals surface area contributed by atoms with Crippen LogP contribution in [0.3, 0.4) is 0 Å². The summed E-state index contributed by atoms with van der Waals surface area (Å²) < 4.78 is 23.8. The van der Waals surface area contributed by atoms with Crippen molar-refractivity contribution in [2.45, 2.75) is 44.0 Å².